The highest BCUT2D eigenvalue weighted by atomic mass is 16.7. The number of rotatable bonds is 3. The number of carbonyl (C=O) groups is 2. The predicted molar refractivity (Wildman–Crippen MR) is 105 cm³/mol. The van der Waals surface area contributed by atoms with Crippen LogP contribution in [-0.2, 0) is 9.47 Å². The lowest BCUT2D eigenvalue weighted by molar-refractivity contribution is -0.181. The van der Waals surface area contributed by atoms with Crippen LogP contribution < -0.4 is 5.32 Å². The molecule has 2 aromatic rings. The van der Waals surface area contributed by atoms with Crippen LogP contribution in [0, 0.1) is 6.92 Å². The Morgan fingerprint density at radius 2 is 1.64 bits per heavy atom. The summed E-state index contributed by atoms with van der Waals surface area (Å²) in [6.07, 6.45) is 1.35. The number of piperidine rings is 1. The van der Waals surface area contributed by atoms with E-state index in [1.165, 1.54) is 0 Å². The van der Waals surface area contributed by atoms with Crippen LogP contribution in [0.1, 0.15) is 39.1 Å². The topological polar surface area (TPSA) is 67.9 Å². The molecule has 28 heavy (non-hydrogen) atoms. The largest absolute Gasteiger partial charge is 0.347 e. The number of benzene rings is 2. The van der Waals surface area contributed by atoms with Crippen molar-refractivity contribution in [2.45, 2.75) is 25.6 Å². The van der Waals surface area contributed by atoms with Crippen LogP contribution in [0.15, 0.2) is 48.5 Å². The van der Waals surface area contributed by atoms with Crippen LogP contribution in [-0.4, -0.2) is 48.8 Å². The fourth-order valence-corrected chi connectivity index (χ4v) is 3.74. The van der Waals surface area contributed by atoms with Crippen molar-refractivity contribution in [1.82, 2.24) is 4.90 Å². The van der Waals surface area contributed by atoms with Crippen molar-refractivity contribution >= 4 is 17.5 Å². The molecule has 2 saturated heterocycles. The van der Waals surface area contributed by atoms with E-state index in [1.807, 2.05) is 31.2 Å². The van der Waals surface area contributed by atoms with Gasteiger partial charge >= 0.3 is 0 Å². The summed E-state index contributed by atoms with van der Waals surface area (Å²) in [6, 6.07) is 14.5. The molecule has 0 radical (unpaired) electrons. The zero-order valence-corrected chi connectivity index (χ0v) is 15.9. The smallest absolute Gasteiger partial charge is 0.255 e. The summed E-state index contributed by atoms with van der Waals surface area (Å²) in [6.45, 7) is 4.37. The van der Waals surface area contributed by atoms with E-state index in [1.54, 1.807) is 29.2 Å². The molecule has 2 amide bonds. The van der Waals surface area contributed by atoms with E-state index in [4.69, 9.17) is 9.47 Å². The van der Waals surface area contributed by atoms with Gasteiger partial charge in [-0.2, -0.15) is 0 Å². The highest BCUT2D eigenvalue weighted by molar-refractivity contribution is 6.06. The third-order valence-electron chi connectivity index (χ3n) is 5.27. The lowest BCUT2D eigenvalue weighted by Gasteiger charge is -2.37. The van der Waals surface area contributed by atoms with Crippen LogP contribution in [0.2, 0.25) is 0 Å². The van der Waals surface area contributed by atoms with Crippen LogP contribution in [0.4, 0.5) is 5.69 Å². The maximum Gasteiger partial charge on any atom is 0.255 e. The second-order valence-corrected chi connectivity index (χ2v) is 7.30. The second kappa shape index (κ2) is 7.73. The van der Waals surface area contributed by atoms with Gasteiger partial charge in [-0.1, -0.05) is 18.2 Å². The minimum atomic E-state index is -0.508. The first kappa shape index (κ1) is 18.7. The molecule has 1 spiro atoms. The third kappa shape index (κ3) is 3.93. The molecular weight excluding hydrogens is 356 g/mol. The number of hydrogen-bond donors (Lipinski definition) is 1. The molecule has 2 heterocycles. The van der Waals surface area contributed by atoms with E-state index in [9.17, 15) is 9.59 Å². The number of nitrogens with one attached hydrogen (secondary N) is 1. The van der Waals surface area contributed by atoms with E-state index in [0.717, 1.165) is 11.3 Å². The minimum absolute atomic E-state index is 0.0712. The Balaban J connectivity index is 1.43. The average Bonchev–Trinajstić information content (AvgIpc) is 3.16. The van der Waals surface area contributed by atoms with Gasteiger partial charge in [0, 0.05) is 42.7 Å². The van der Waals surface area contributed by atoms with Gasteiger partial charge in [0.15, 0.2) is 5.79 Å². The zero-order chi connectivity index (χ0) is 19.6. The van der Waals surface area contributed by atoms with Gasteiger partial charge in [0.25, 0.3) is 11.8 Å². The van der Waals surface area contributed by atoms with Crippen LogP contribution in [0.25, 0.3) is 0 Å². The molecule has 146 valence electrons. The molecule has 0 unspecified atom stereocenters. The number of aryl methyl sites for hydroxylation is 1. The zero-order valence-electron chi connectivity index (χ0n) is 15.9. The summed E-state index contributed by atoms with van der Waals surface area (Å²) in [7, 11) is 0. The van der Waals surface area contributed by atoms with E-state index >= 15 is 0 Å². The van der Waals surface area contributed by atoms with E-state index < -0.39 is 5.79 Å². The molecular formula is C22H24N2O4. The Hall–Kier alpha value is -2.70. The SMILES string of the molecule is Cc1cccc(NC(=O)c2cccc(C(=O)N3CCC4(CC3)OCCO4)c2)c1. The van der Waals surface area contributed by atoms with E-state index in [0.29, 0.717) is 50.3 Å². The Kier molecular flexibility index (Phi) is 5.15. The molecule has 6 nitrogen and oxygen atoms in total. The van der Waals surface area contributed by atoms with Crippen LogP contribution in [0.5, 0.6) is 0 Å². The van der Waals surface area contributed by atoms with Gasteiger partial charge < -0.3 is 19.7 Å². The van der Waals surface area contributed by atoms with Gasteiger partial charge in [-0.3, -0.25) is 9.59 Å². The molecule has 2 aromatic carbocycles. The summed E-state index contributed by atoms with van der Waals surface area (Å²) in [5, 5.41) is 2.88. The van der Waals surface area contributed by atoms with Crippen LogP contribution in [0.3, 0.4) is 0 Å². The van der Waals surface area contributed by atoms with Crippen LogP contribution >= 0.6 is 0 Å². The number of ether oxygens (including phenoxy) is 2. The fraction of sp³-hybridized carbons (Fsp3) is 0.364. The number of hydrogen-bond acceptors (Lipinski definition) is 4. The van der Waals surface area contributed by atoms with Crippen molar-refractivity contribution in [2.75, 3.05) is 31.6 Å². The second-order valence-electron chi connectivity index (χ2n) is 7.30. The average molecular weight is 380 g/mol. The number of carbonyl (C=O) groups excluding carboxylic acids is 2. The van der Waals surface area contributed by atoms with Gasteiger partial charge in [-0.25, -0.2) is 0 Å². The molecule has 2 aliphatic rings. The molecule has 0 saturated carbocycles. The molecule has 0 aromatic heterocycles. The summed E-state index contributed by atoms with van der Waals surface area (Å²) in [5.74, 6) is -0.810. The Morgan fingerprint density at radius 3 is 2.36 bits per heavy atom. The lowest BCUT2D eigenvalue weighted by atomic mass is 10.0. The third-order valence-corrected chi connectivity index (χ3v) is 5.27. The van der Waals surface area contributed by atoms with Crippen molar-refractivity contribution in [3.8, 4) is 0 Å². The first-order valence-electron chi connectivity index (χ1n) is 9.60. The van der Waals surface area contributed by atoms with Gasteiger partial charge in [0.2, 0.25) is 0 Å². The van der Waals surface area contributed by atoms with Gasteiger partial charge in [0.1, 0.15) is 0 Å². The van der Waals surface area contributed by atoms with Gasteiger partial charge in [-0.15, -0.1) is 0 Å². The van der Waals surface area contributed by atoms with Crippen molar-refractivity contribution in [3.63, 3.8) is 0 Å². The first-order chi connectivity index (χ1) is 13.5. The maximum absolute atomic E-state index is 12.9. The van der Waals surface area contributed by atoms with Gasteiger partial charge in [0.05, 0.1) is 13.2 Å². The highest BCUT2D eigenvalue weighted by Crippen LogP contribution is 2.31. The Bertz CT molecular complexity index is 880. The minimum Gasteiger partial charge on any atom is -0.347 e. The molecule has 4 rings (SSSR count). The number of anilines is 1. The maximum atomic E-state index is 12.9. The Labute approximate surface area is 164 Å². The normalized spacial score (nSPS) is 18.2. The van der Waals surface area contributed by atoms with Gasteiger partial charge in [-0.05, 0) is 42.8 Å². The summed E-state index contributed by atoms with van der Waals surface area (Å²) >= 11 is 0. The molecule has 1 N–H and O–H groups in total. The number of likely N-dealkylation sites (tertiary alicyclic amines) is 1. The monoisotopic (exact) mass is 380 g/mol. The standard InChI is InChI=1S/C22H24N2O4/c1-16-4-2-7-19(14-16)23-20(25)17-5-3-6-18(15-17)21(26)24-10-8-22(9-11-24)27-12-13-28-22/h2-7,14-15H,8-13H2,1H3,(H,23,25). The molecule has 2 fully saturated rings. The summed E-state index contributed by atoms with van der Waals surface area (Å²) in [5.41, 5.74) is 2.78. The predicted octanol–water partition coefficient (Wildman–Crippen LogP) is 3.23. The highest BCUT2D eigenvalue weighted by Gasteiger charge is 2.40. The van der Waals surface area contributed by atoms with Crippen molar-refractivity contribution in [3.05, 3.63) is 65.2 Å². The fourth-order valence-electron chi connectivity index (χ4n) is 3.74. The molecule has 6 heteroatoms. The Morgan fingerprint density at radius 1 is 0.964 bits per heavy atom. The molecule has 0 atom stereocenters. The first-order valence-corrected chi connectivity index (χ1v) is 9.60. The molecule has 2 aliphatic heterocycles. The van der Waals surface area contributed by atoms with Crippen molar-refractivity contribution < 1.29 is 19.1 Å². The quantitative estimate of drug-likeness (QED) is 0.888. The summed E-state index contributed by atoms with van der Waals surface area (Å²) < 4.78 is 11.4. The van der Waals surface area contributed by atoms with E-state index in [-0.39, 0.29) is 11.8 Å². The van der Waals surface area contributed by atoms with Crippen molar-refractivity contribution in [1.29, 1.82) is 0 Å². The molecule has 0 aliphatic carbocycles. The van der Waals surface area contributed by atoms with E-state index in [2.05, 4.69) is 5.32 Å². The summed E-state index contributed by atoms with van der Waals surface area (Å²) in [4.78, 5) is 27.3. The number of amides is 2. The number of nitrogens with zero attached hydrogens (tertiary/aromatic N) is 1. The van der Waals surface area contributed by atoms with Crippen molar-refractivity contribution in [2.24, 2.45) is 0 Å². The molecule has 0 bridgehead atoms. The lowest BCUT2D eigenvalue weighted by Crippen LogP contribution is -2.47.